The molecule has 20 N–H and O–H groups in total. The van der Waals surface area contributed by atoms with Gasteiger partial charge < -0.3 is 98.9 Å². The van der Waals surface area contributed by atoms with Crippen molar-refractivity contribution in [3.63, 3.8) is 0 Å². The zero-order chi connectivity index (χ0) is 64.2. The van der Waals surface area contributed by atoms with E-state index < -0.39 is 158 Å². The lowest BCUT2D eigenvalue weighted by Crippen LogP contribution is -2.65. The average Bonchev–Trinajstić information content (AvgIpc) is 2.52. The summed E-state index contributed by atoms with van der Waals surface area (Å²) in [7, 11) is 0. The van der Waals surface area contributed by atoms with E-state index in [4.69, 9.17) is 31.3 Å². The fraction of sp³-hybridized carbons (Fsp3) is 0.732. The summed E-state index contributed by atoms with van der Waals surface area (Å²) < 4.78 is 0. The van der Waals surface area contributed by atoms with Crippen LogP contribution in [0.4, 0.5) is 0 Å². The van der Waals surface area contributed by atoms with E-state index in [1.165, 1.54) is 30.7 Å². The third-order valence-electron chi connectivity index (χ3n) is 14.9. The molecule has 11 unspecified atom stereocenters. The number of phenolic OH excluding ortho intramolecular Hbond substituents is 1. The molecule has 3 saturated heterocycles. The molecule has 85 heavy (non-hydrogen) atoms. The van der Waals surface area contributed by atoms with Crippen LogP contribution in [0.25, 0.3) is 0 Å². The molecule has 16 atom stereocenters. The Hall–Kier alpha value is -6.15. The fourth-order valence-electron chi connectivity index (χ4n) is 10.2. The number of fused-ring (bicyclic) bond motifs is 2. The number of phenols is 1. The lowest BCUT2D eigenvalue weighted by molar-refractivity contribution is -0.148. The standard InChI is InChI=1S/C52H88N10O15.2C2H4O2/c1-5-28(2)24-29(3)12-10-8-6-7-9-11-13-39(69)56-34-26-38(68)46(55-22-21-54)60-50(75)43-37(67)19-23-61(43)52(77)41(36(66)18-20-53)58-49(74)42(45(71)44(70)31-14-16-32(64)17-15-31)59-48(73)35-25-33(65)27-62(35)51(76)40(30(4)63)57-47(34)72;2*1-2(3)4/h14-17,28-30,33-38,40-46,55,63-68,70-71H,5-13,18-27,53-54H2,1-4H3,(H,56,69)(H,57,72)(H,58,74)(H,59,73)(H,60,75);2*1H3,(H,3,4)/t28?,29?,30?,33?,34?,35-,36?,37?,38?,40-,41+,42-,43-,44?,45?,46?;;/m0../s1. The molecule has 0 aromatic heterocycles. The molecule has 29 nitrogen and oxygen atoms in total. The van der Waals surface area contributed by atoms with Gasteiger partial charge in [0.1, 0.15) is 60.4 Å². The predicted octanol–water partition coefficient (Wildman–Crippen LogP) is -3.13. The van der Waals surface area contributed by atoms with Crippen molar-refractivity contribution in [2.24, 2.45) is 23.3 Å². The predicted molar refractivity (Wildman–Crippen MR) is 307 cm³/mol. The first kappa shape index (κ1) is 74.9. The number of rotatable bonds is 23. The Morgan fingerprint density at radius 3 is 1.82 bits per heavy atom. The first-order valence-corrected chi connectivity index (χ1v) is 29.2. The molecule has 3 heterocycles. The van der Waals surface area contributed by atoms with Crippen molar-refractivity contribution in [2.75, 3.05) is 32.7 Å². The molecule has 4 rings (SSSR count). The number of nitrogens with two attached hydrogens (primary N) is 2. The Balaban J connectivity index is 0.00000289. The molecule has 484 valence electrons. The Morgan fingerprint density at radius 1 is 0.682 bits per heavy atom. The number of nitrogens with one attached hydrogen (secondary N) is 6. The number of aliphatic hydroxyl groups is 7. The number of unbranched alkanes of at least 4 members (excludes halogenated alkanes) is 5. The number of carbonyl (C=O) groups is 9. The quantitative estimate of drug-likeness (QED) is 0.0482. The van der Waals surface area contributed by atoms with Gasteiger partial charge in [-0.3, -0.25) is 48.5 Å². The SMILES string of the molecule is CC(=O)O.CC(=O)O.CCC(C)CC(C)CCCCCCCCC(=O)NC1CC(O)C(NCCN)NC(=O)[C@@H]2C(O)CCN2C(=O)[C@@H](C(O)CCN)NC(=O)[C@H](C(O)C(O)c2ccc(O)cc2)NC(=O)[C@@H]2CC(O)CN2C(=O)[C@H](C(C)O)NC1=O. The van der Waals surface area contributed by atoms with E-state index in [-0.39, 0.29) is 56.8 Å². The maximum atomic E-state index is 14.6. The Morgan fingerprint density at radius 2 is 1.25 bits per heavy atom. The van der Waals surface area contributed by atoms with Crippen LogP contribution in [0.5, 0.6) is 5.75 Å². The number of aliphatic hydroxyl groups excluding tert-OH is 7. The summed E-state index contributed by atoms with van der Waals surface area (Å²) in [5, 5.41) is 119. The largest absolute Gasteiger partial charge is 0.508 e. The van der Waals surface area contributed by atoms with Crippen LogP contribution >= 0.6 is 0 Å². The maximum absolute atomic E-state index is 14.6. The summed E-state index contributed by atoms with van der Waals surface area (Å²) in [6.07, 6.45) is -6.95. The number of hydrogen-bond donors (Lipinski definition) is 18. The molecule has 3 aliphatic rings. The van der Waals surface area contributed by atoms with Crippen molar-refractivity contribution < 1.29 is 94.2 Å². The van der Waals surface area contributed by atoms with E-state index >= 15 is 0 Å². The smallest absolute Gasteiger partial charge is 0.300 e. The summed E-state index contributed by atoms with van der Waals surface area (Å²) in [5.74, 6) is -8.10. The molecule has 1 aromatic carbocycles. The average molecular weight is 1210 g/mol. The number of aliphatic carboxylic acids is 2. The minimum Gasteiger partial charge on any atom is -0.508 e. The lowest BCUT2D eigenvalue weighted by atomic mass is 9.91. The van der Waals surface area contributed by atoms with E-state index in [0.29, 0.717) is 24.7 Å². The second kappa shape index (κ2) is 38.1. The number of carbonyl (C=O) groups excluding carboxylic acids is 7. The number of amides is 7. The van der Waals surface area contributed by atoms with Gasteiger partial charge in [0.05, 0.1) is 30.5 Å². The third-order valence-corrected chi connectivity index (χ3v) is 14.9. The van der Waals surface area contributed by atoms with Gasteiger partial charge in [0, 0.05) is 59.3 Å². The summed E-state index contributed by atoms with van der Waals surface area (Å²) >= 11 is 0. The van der Waals surface area contributed by atoms with Crippen LogP contribution in [0.1, 0.15) is 143 Å². The van der Waals surface area contributed by atoms with Crippen molar-refractivity contribution in [2.45, 2.75) is 217 Å². The van der Waals surface area contributed by atoms with Gasteiger partial charge in [-0.25, -0.2) is 0 Å². The monoisotopic (exact) mass is 1210 g/mol. The first-order chi connectivity index (χ1) is 40.0. The molecule has 1 aromatic rings. The zero-order valence-electron chi connectivity index (χ0n) is 49.7. The fourth-order valence-corrected chi connectivity index (χ4v) is 10.2. The molecule has 29 heteroatoms. The normalized spacial score (nSPS) is 26.5. The number of benzene rings is 1. The summed E-state index contributed by atoms with van der Waals surface area (Å²) in [5.41, 5.74) is 11.5. The van der Waals surface area contributed by atoms with Gasteiger partial charge in [-0.1, -0.05) is 77.8 Å². The number of hydrogen-bond acceptors (Lipinski definition) is 20. The molecule has 3 aliphatic heterocycles. The highest BCUT2D eigenvalue weighted by Gasteiger charge is 2.49. The molecule has 7 amide bonds. The zero-order valence-corrected chi connectivity index (χ0v) is 49.7. The Labute approximate surface area is 496 Å². The summed E-state index contributed by atoms with van der Waals surface area (Å²) in [4.78, 5) is 120. The van der Waals surface area contributed by atoms with Crippen LogP contribution in [0, 0.1) is 11.8 Å². The van der Waals surface area contributed by atoms with Gasteiger partial charge in [0.2, 0.25) is 41.4 Å². The highest BCUT2D eigenvalue weighted by Crippen LogP contribution is 2.27. The first-order valence-electron chi connectivity index (χ1n) is 29.2. The molecular formula is C56H96N10O19. The second-order valence-electron chi connectivity index (χ2n) is 22.3. The summed E-state index contributed by atoms with van der Waals surface area (Å²) in [6, 6.07) is -6.40. The molecule has 0 radical (unpaired) electrons. The third kappa shape index (κ3) is 25.4. The van der Waals surface area contributed by atoms with Crippen molar-refractivity contribution >= 4 is 53.3 Å². The maximum Gasteiger partial charge on any atom is 0.300 e. The molecular weight excluding hydrogens is 1120 g/mol. The minimum atomic E-state index is -2.28. The van der Waals surface area contributed by atoms with Gasteiger partial charge in [-0.05, 0) is 68.7 Å². The number of carboxylic acids is 2. The van der Waals surface area contributed by atoms with Crippen LogP contribution in [0.15, 0.2) is 24.3 Å². The second-order valence-corrected chi connectivity index (χ2v) is 22.3. The number of aromatic hydroxyl groups is 1. The van der Waals surface area contributed by atoms with Gasteiger partial charge >= 0.3 is 0 Å². The van der Waals surface area contributed by atoms with E-state index in [0.717, 1.165) is 69.1 Å². The highest BCUT2D eigenvalue weighted by molar-refractivity contribution is 5.98. The number of carboxylic acid groups (broad SMARTS) is 2. The van der Waals surface area contributed by atoms with E-state index in [9.17, 15) is 74.4 Å². The van der Waals surface area contributed by atoms with Gasteiger partial charge in [0.15, 0.2) is 0 Å². The molecule has 0 aliphatic carbocycles. The van der Waals surface area contributed by atoms with Crippen molar-refractivity contribution in [1.82, 2.24) is 41.7 Å². The summed E-state index contributed by atoms with van der Waals surface area (Å²) in [6.45, 7) is 8.90. The highest BCUT2D eigenvalue weighted by atomic mass is 16.4. The van der Waals surface area contributed by atoms with Crippen LogP contribution < -0.4 is 43.4 Å². The van der Waals surface area contributed by atoms with Crippen LogP contribution in [0.3, 0.4) is 0 Å². The van der Waals surface area contributed by atoms with Crippen molar-refractivity contribution in [3.8, 4) is 5.75 Å². The molecule has 0 spiro atoms. The topological polar surface area (TPSA) is 487 Å². The van der Waals surface area contributed by atoms with Gasteiger partial charge in [-0.15, -0.1) is 0 Å². The lowest BCUT2D eigenvalue weighted by Gasteiger charge is -2.35. The van der Waals surface area contributed by atoms with Crippen molar-refractivity contribution in [1.29, 1.82) is 0 Å². The van der Waals surface area contributed by atoms with Crippen LogP contribution in [-0.4, -0.2) is 226 Å². The van der Waals surface area contributed by atoms with Gasteiger partial charge in [0.25, 0.3) is 11.9 Å². The van der Waals surface area contributed by atoms with Gasteiger partial charge in [-0.2, -0.15) is 0 Å². The molecule has 0 bridgehead atoms. The van der Waals surface area contributed by atoms with Crippen LogP contribution in [0.2, 0.25) is 0 Å². The van der Waals surface area contributed by atoms with Crippen molar-refractivity contribution in [3.05, 3.63) is 29.8 Å². The molecule has 0 saturated carbocycles. The minimum absolute atomic E-state index is 0.0257. The van der Waals surface area contributed by atoms with E-state index in [1.807, 2.05) is 0 Å². The Bertz CT molecular complexity index is 2270. The van der Waals surface area contributed by atoms with E-state index in [1.54, 1.807) is 0 Å². The van der Waals surface area contributed by atoms with E-state index in [2.05, 4.69) is 52.7 Å². The Kier molecular flexibility index (Phi) is 33.6. The van der Waals surface area contributed by atoms with Crippen LogP contribution in [-0.2, 0) is 43.2 Å². The molecule has 3 fully saturated rings. The number of nitrogens with zero attached hydrogens (tertiary/aromatic N) is 2.